The number of aromatic nitrogens is 1. The smallest absolute Gasteiger partial charge is 0.309 e. The van der Waals surface area contributed by atoms with Crippen LogP contribution in [0.25, 0.3) is 22.4 Å². The van der Waals surface area contributed by atoms with E-state index in [9.17, 15) is 23.5 Å². The van der Waals surface area contributed by atoms with Crippen LogP contribution in [-0.4, -0.2) is 62.3 Å². The summed E-state index contributed by atoms with van der Waals surface area (Å²) in [5.74, 6) is -0.523. The molecule has 11 heteroatoms. The Morgan fingerprint density at radius 3 is 2.52 bits per heavy atom. The van der Waals surface area contributed by atoms with Crippen molar-refractivity contribution in [1.29, 1.82) is 0 Å². The maximum atomic E-state index is 13.0. The molecule has 0 saturated heterocycles. The zero-order valence-electron chi connectivity index (χ0n) is 23.4. The zero-order chi connectivity index (χ0) is 29.0. The molecular formula is C29H37N3O7S. The number of rotatable bonds is 14. The molecule has 1 fully saturated rings. The summed E-state index contributed by atoms with van der Waals surface area (Å²) >= 11 is -2.30. The molecule has 1 aliphatic rings. The number of aliphatic carboxylic acids is 1. The number of carbonyl (C=O) groups excluding carboxylic acids is 1. The van der Waals surface area contributed by atoms with Crippen molar-refractivity contribution in [2.45, 2.75) is 58.4 Å². The van der Waals surface area contributed by atoms with E-state index in [2.05, 4.69) is 5.32 Å². The molecule has 2 heterocycles. The van der Waals surface area contributed by atoms with Crippen LogP contribution in [0.15, 0.2) is 34.7 Å². The van der Waals surface area contributed by atoms with Gasteiger partial charge in [-0.3, -0.25) is 14.1 Å². The highest BCUT2D eigenvalue weighted by molar-refractivity contribution is 7.76. The molecular weight excluding hydrogens is 534 g/mol. The van der Waals surface area contributed by atoms with E-state index in [0.717, 1.165) is 29.5 Å². The van der Waals surface area contributed by atoms with Crippen LogP contribution < -0.4 is 5.32 Å². The second-order valence-electron chi connectivity index (χ2n) is 10.7. The van der Waals surface area contributed by atoms with E-state index in [1.165, 1.54) is 11.4 Å². The Morgan fingerprint density at radius 2 is 1.95 bits per heavy atom. The number of carboxylic acids is 1. The van der Waals surface area contributed by atoms with E-state index in [1.807, 2.05) is 37.3 Å². The Labute approximate surface area is 236 Å². The fraction of sp³-hybridized carbons (Fsp3) is 0.483. The van der Waals surface area contributed by atoms with E-state index in [0.29, 0.717) is 48.3 Å². The molecule has 4 rings (SSSR count). The Balaban J connectivity index is 1.66. The maximum absolute atomic E-state index is 13.0. The number of ether oxygens (including phenoxy) is 1. The summed E-state index contributed by atoms with van der Waals surface area (Å²) in [5, 5.41) is 13.0. The Hall–Kier alpha value is -3.12. The minimum atomic E-state index is -2.30. The van der Waals surface area contributed by atoms with Crippen molar-refractivity contribution in [3.63, 3.8) is 0 Å². The first-order valence-corrected chi connectivity index (χ1v) is 14.5. The molecule has 3 aromatic rings. The number of nitrogens with one attached hydrogen (secondary N) is 1. The highest BCUT2D eigenvalue weighted by Crippen LogP contribution is 2.44. The van der Waals surface area contributed by atoms with Crippen LogP contribution in [0.1, 0.15) is 72.1 Å². The third-order valence-corrected chi connectivity index (χ3v) is 8.39. The van der Waals surface area contributed by atoms with Crippen molar-refractivity contribution in [3.8, 4) is 11.3 Å². The van der Waals surface area contributed by atoms with Crippen LogP contribution in [0, 0.1) is 12.3 Å². The van der Waals surface area contributed by atoms with Gasteiger partial charge in [0.25, 0.3) is 5.91 Å². The molecule has 10 nitrogen and oxygen atoms in total. The summed E-state index contributed by atoms with van der Waals surface area (Å²) in [4.78, 5) is 29.6. The lowest BCUT2D eigenvalue weighted by molar-refractivity contribution is -0.149. The molecule has 3 N–H and O–H groups in total. The second kappa shape index (κ2) is 12.6. The number of carbonyl (C=O) groups is 2. The number of fused-ring (bicyclic) bond motifs is 1. The minimum absolute atomic E-state index is 0.0859. The number of hydrogen-bond donors (Lipinski definition) is 3. The zero-order valence-corrected chi connectivity index (χ0v) is 24.2. The lowest BCUT2D eigenvalue weighted by Gasteiger charge is -2.26. The van der Waals surface area contributed by atoms with Gasteiger partial charge in [0.2, 0.25) is 17.0 Å². The van der Waals surface area contributed by atoms with Gasteiger partial charge in [0.05, 0.1) is 28.6 Å². The van der Waals surface area contributed by atoms with Crippen molar-refractivity contribution in [1.82, 2.24) is 14.6 Å². The molecule has 0 radical (unpaired) electrons. The summed E-state index contributed by atoms with van der Waals surface area (Å²) in [6.45, 7) is 4.26. The summed E-state index contributed by atoms with van der Waals surface area (Å²) in [7, 11) is 3.10. The number of furan rings is 1. The monoisotopic (exact) mass is 571 g/mol. The Morgan fingerprint density at radius 1 is 1.25 bits per heavy atom. The third kappa shape index (κ3) is 6.60. The largest absolute Gasteiger partial charge is 0.481 e. The van der Waals surface area contributed by atoms with Crippen molar-refractivity contribution in [2.24, 2.45) is 5.41 Å². The highest BCUT2D eigenvalue weighted by Gasteiger charge is 2.34. The van der Waals surface area contributed by atoms with Crippen LogP contribution >= 0.6 is 0 Å². The van der Waals surface area contributed by atoms with Crippen LogP contribution in [0.2, 0.25) is 0 Å². The third-order valence-electron chi connectivity index (χ3n) is 7.64. The number of aryl methyl sites for hydroxylation is 1. The van der Waals surface area contributed by atoms with Gasteiger partial charge in [0, 0.05) is 32.9 Å². The average Bonchev–Trinajstić information content (AvgIpc) is 3.71. The van der Waals surface area contributed by atoms with Crippen LogP contribution in [0.5, 0.6) is 0 Å². The molecule has 1 aliphatic carbocycles. The van der Waals surface area contributed by atoms with Gasteiger partial charge in [-0.15, -0.1) is 0 Å². The van der Waals surface area contributed by atoms with Gasteiger partial charge in [-0.1, -0.05) is 29.8 Å². The van der Waals surface area contributed by atoms with Gasteiger partial charge >= 0.3 is 5.97 Å². The number of methoxy groups -OCH3 is 1. The first-order valence-electron chi connectivity index (χ1n) is 13.4. The maximum Gasteiger partial charge on any atom is 0.309 e. The fourth-order valence-corrected chi connectivity index (χ4v) is 5.42. The fourth-order valence-electron chi connectivity index (χ4n) is 4.90. The standard InChI is InChI=1S/C29H37N3O7S/c1-18-6-8-20(9-7-18)25-24(26(33)30-3)22-16-21(19-10-11-19)23(31-27(22)39-25)17-32(40(36)37)14-5-12-29(2,28(34)35)13-15-38-4/h6-9,16,19H,5,10-15,17H2,1-4H3,(H,30,33)(H,34,35)(H,36,37). The molecule has 216 valence electrons. The van der Waals surface area contributed by atoms with Gasteiger partial charge in [-0.2, -0.15) is 4.31 Å². The number of benzene rings is 1. The lowest BCUT2D eigenvalue weighted by atomic mass is 9.82. The predicted octanol–water partition coefficient (Wildman–Crippen LogP) is 4.89. The van der Waals surface area contributed by atoms with Gasteiger partial charge in [0.15, 0.2) is 0 Å². The second-order valence-corrected chi connectivity index (χ2v) is 11.7. The van der Waals surface area contributed by atoms with E-state index < -0.39 is 22.7 Å². The molecule has 2 unspecified atom stereocenters. The lowest BCUT2D eigenvalue weighted by Crippen LogP contribution is -2.32. The number of pyridine rings is 1. The van der Waals surface area contributed by atoms with Crippen LogP contribution in [0.4, 0.5) is 0 Å². The number of hydrogen-bond acceptors (Lipinski definition) is 6. The minimum Gasteiger partial charge on any atom is -0.481 e. The van der Waals surface area contributed by atoms with Crippen molar-refractivity contribution >= 4 is 34.2 Å². The normalized spacial score (nSPS) is 15.8. The summed E-state index contributed by atoms with van der Waals surface area (Å²) < 4.78 is 35.0. The SMILES string of the molecule is CNC(=O)c1c(-c2ccc(C)cc2)oc2nc(CN(CCCC(C)(CCOC)C(=O)O)S(=O)O)c(C3CC3)cc12. The van der Waals surface area contributed by atoms with Crippen molar-refractivity contribution in [3.05, 3.63) is 52.7 Å². The topological polar surface area (TPSA) is 142 Å². The van der Waals surface area contributed by atoms with Gasteiger partial charge in [-0.25, -0.2) is 9.19 Å². The molecule has 0 bridgehead atoms. The summed E-state index contributed by atoms with van der Waals surface area (Å²) in [6, 6.07) is 9.63. The van der Waals surface area contributed by atoms with Gasteiger partial charge < -0.3 is 19.6 Å². The van der Waals surface area contributed by atoms with E-state index in [1.54, 1.807) is 14.0 Å². The summed E-state index contributed by atoms with van der Waals surface area (Å²) in [5.41, 5.74) is 3.09. The summed E-state index contributed by atoms with van der Waals surface area (Å²) in [6.07, 6.45) is 3.02. The molecule has 0 aliphatic heterocycles. The molecule has 1 saturated carbocycles. The first-order chi connectivity index (χ1) is 19.1. The molecule has 2 atom stereocenters. The van der Waals surface area contributed by atoms with Crippen molar-refractivity contribution in [2.75, 3.05) is 27.3 Å². The predicted molar refractivity (Wildman–Crippen MR) is 152 cm³/mol. The van der Waals surface area contributed by atoms with Crippen LogP contribution in [-0.2, 0) is 27.3 Å². The van der Waals surface area contributed by atoms with Gasteiger partial charge in [-0.05, 0) is 63.5 Å². The number of nitrogens with zero attached hydrogens (tertiary/aromatic N) is 2. The Kier molecular flexibility index (Phi) is 9.40. The van der Waals surface area contributed by atoms with Crippen molar-refractivity contribution < 1.29 is 32.6 Å². The quantitative estimate of drug-likeness (QED) is 0.232. The van der Waals surface area contributed by atoms with Crippen LogP contribution in [0.3, 0.4) is 0 Å². The van der Waals surface area contributed by atoms with Gasteiger partial charge in [0.1, 0.15) is 5.76 Å². The average molecular weight is 572 g/mol. The molecule has 1 aromatic carbocycles. The number of carboxylic acid groups (broad SMARTS) is 1. The Bertz CT molecular complexity index is 1400. The molecule has 40 heavy (non-hydrogen) atoms. The first kappa shape index (κ1) is 29.9. The molecule has 0 spiro atoms. The molecule has 2 aromatic heterocycles. The van der Waals surface area contributed by atoms with E-state index >= 15 is 0 Å². The van der Waals surface area contributed by atoms with E-state index in [4.69, 9.17) is 14.1 Å². The van der Waals surface area contributed by atoms with E-state index in [-0.39, 0.29) is 30.6 Å². The number of amides is 1. The molecule has 1 amide bonds. The highest BCUT2D eigenvalue weighted by atomic mass is 32.2.